The van der Waals surface area contributed by atoms with Gasteiger partial charge in [-0.05, 0) is 63.2 Å². The summed E-state index contributed by atoms with van der Waals surface area (Å²) >= 11 is 0. The first-order valence-corrected chi connectivity index (χ1v) is 11.4. The van der Waals surface area contributed by atoms with Crippen molar-refractivity contribution in [3.8, 4) is 0 Å². The number of carboxylic acids is 1. The van der Waals surface area contributed by atoms with Crippen LogP contribution in [0.25, 0.3) is 0 Å². The van der Waals surface area contributed by atoms with Gasteiger partial charge in [0, 0.05) is 13.0 Å². The van der Waals surface area contributed by atoms with E-state index in [4.69, 9.17) is 16.8 Å². The number of nitrogens with two attached hydrogens (primary N) is 2. The van der Waals surface area contributed by atoms with E-state index in [-0.39, 0.29) is 18.7 Å². The van der Waals surface area contributed by atoms with Crippen LogP contribution in [0, 0.1) is 12.8 Å². The maximum atomic E-state index is 9.97. The number of hydrogen-bond acceptors (Lipinski definition) is 6. The molecule has 0 saturated carbocycles. The number of benzene rings is 1. The maximum absolute atomic E-state index is 9.97. The number of carbonyl (C=O) groups is 1. The third-order valence-corrected chi connectivity index (χ3v) is 5.66. The van der Waals surface area contributed by atoms with Gasteiger partial charge in [0.15, 0.2) is 0 Å². The van der Waals surface area contributed by atoms with Gasteiger partial charge in [-0.1, -0.05) is 49.6 Å². The molecule has 1 unspecified atom stereocenters. The van der Waals surface area contributed by atoms with E-state index in [2.05, 4.69) is 59.3 Å². The van der Waals surface area contributed by atoms with Crippen molar-refractivity contribution in [2.24, 2.45) is 22.7 Å². The molecule has 0 bridgehead atoms. The molecule has 176 valence electrons. The smallest absolute Gasteiger partial charge is 0.303 e. The predicted octanol–water partition coefficient (Wildman–Crippen LogP) is 2.44. The number of hydrazine groups is 1. The summed E-state index contributed by atoms with van der Waals surface area (Å²) in [7, 11) is 0. The molecule has 1 atom stereocenters. The maximum Gasteiger partial charge on any atom is 0.303 e. The number of aryl methyl sites for hydroxylation is 1. The Hall–Kier alpha value is -2.16. The number of piperidine rings is 1. The first-order valence-electron chi connectivity index (χ1n) is 11.4. The molecule has 3 rings (SSSR count). The van der Waals surface area contributed by atoms with Gasteiger partial charge in [-0.2, -0.15) is 5.10 Å². The fourth-order valence-corrected chi connectivity index (χ4v) is 3.76. The molecule has 1 aromatic rings. The summed E-state index contributed by atoms with van der Waals surface area (Å²) < 4.78 is 0. The van der Waals surface area contributed by atoms with Crippen molar-refractivity contribution in [3.05, 3.63) is 35.4 Å². The summed E-state index contributed by atoms with van der Waals surface area (Å²) in [5.41, 5.74) is 5.01. The van der Waals surface area contributed by atoms with Crippen molar-refractivity contribution in [2.45, 2.75) is 64.7 Å². The zero-order valence-corrected chi connectivity index (χ0v) is 19.2. The molecule has 8 nitrogen and oxygen atoms in total. The van der Waals surface area contributed by atoms with Crippen LogP contribution in [0.3, 0.4) is 0 Å². The van der Waals surface area contributed by atoms with Crippen molar-refractivity contribution in [3.63, 3.8) is 0 Å². The lowest BCUT2D eigenvalue weighted by Crippen LogP contribution is -2.31. The SMILES string of the molecule is CCCC1CCNCC1.Cc1ccc(C2CCNC2)cc1.N/N=C(/CCC(=O)O)NN. The first kappa shape index (κ1) is 26.9. The Balaban J connectivity index is 0.000000236. The van der Waals surface area contributed by atoms with E-state index in [0.29, 0.717) is 0 Å². The van der Waals surface area contributed by atoms with Crippen molar-refractivity contribution >= 4 is 11.8 Å². The summed E-state index contributed by atoms with van der Waals surface area (Å²) in [5.74, 6) is 10.9. The molecule has 31 heavy (non-hydrogen) atoms. The molecular weight excluding hydrogens is 392 g/mol. The lowest BCUT2D eigenvalue weighted by molar-refractivity contribution is -0.136. The monoisotopic (exact) mass is 434 g/mol. The van der Waals surface area contributed by atoms with Crippen LogP contribution in [-0.4, -0.2) is 43.1 Å². The predicted molar refractivity (Wildman–Crippen MR) is 128 cm³/mol. The minimum Gasteiger partial charge on any atom is -0.481 e. The highest BCUT2D eigenvalue weighted by Gasteiger charge is 2.15. The van der Waals surface area contributed by atoms with E-state index in [1.54, 1.807) is 0 Å². The van der Waals surface area contributed by atoms with Crippen LogP contribution in [0.5, 0.6) is 0 Å². The van der Waals surface area contributed by atoms with Crippen molar-refractivity contribution in [1.29, 1.82) is 0 Å². The Morgan fingerprint density at radius 1 is 1.13 bits per heavy atom. The fourth-order valence-electron chi connectivity index (χ4n) is 3.76. The molecule has 0 radical (unpaired) electrons. The lowest BCUT2D eigenvalue weighted by Gasteiger charge is -2.21. The van der Waals surface area contributed by atoms with E-state index in [9.17, 15) is 4.79 Å². The van der Waals surface area contributed by atoms with Gasteiger partial charge in [-0.3, -0.25) is 4.79 Å². The molecule has 8 N–H and O–H groups in total. The number of carboxylic acid groups (broad SMARTS) is 1. The number of aliphatic carboxylic acids is 1. The summed E-state index contributed by atoms with van der Waals surface area (Å²) in [5, 5.41) is 18.1. The Morgan fingerprint density at radius 2 is 1.77 bits per heavy atom. The van der Waals surface area contributed by atoms with E-state index in [1.807, 2.05) is 0 Å². The molecule has 0 amide bonds. The molecule has 2 aliphatic rings. The van der Waals surface area contributed by atoms with E-state index < -0.39 is 5.97 Å². The van der Waals surface area contributed by atoms with Crippen molar-refractivity contribution < 1.29 is 9.90 Å². The van der Waals surface area contributed by atoms with Gasteiger partial charge >= 0.3 is 5.97 Å². The summed E-state index contributed by atoms with van der Waals surface area (Å²) in [6, 6.07) is 8.92. The number of nitrogens with zero attached hydrogens (tertiary/aromatic N) is 1. The van der Waals surface area contributed by atoms with Gasteiger partial charge in [-0.15, -0.1) is 0 Å². The van der Waals surface area contributed by atoms with Crippen LogP contribution in [0.2, 0.25) is 0 Å². The normalized spacial score (nSPS) is 18.9. The van der Waals surface area contributed by atoms with Gasteiger partial charge in [-0.25, -0.2) is 5.84 Å². The van der Waals surface area contributed by atoms with Gasteiger partial charge in [0.05, 0.1) is 6.42 Å². The van der Waals surface area contributed by atoms with Gasteiger partial charge in [0.1, 0.15) is 5.84 Å². The fraction of sp³-hybridized carbons (Fsp3) is 0.652. The lowest BCUT2D eigenvalue weighted by atomic mass is 9.94. The zero-order chi connectivity index (χ0) is 22.9. The molecule has 2 heterocycles. The minimum absolute atomic E-state index is 0.0275. The molecule has 0 aromatic heterocycles. The van der Waals surface area contributed by atoms with Crippen LogP contribution in [0.1, 0.15) is 68.9 Å². The number of amidine groups is 1. The van der Waals surface area contributed by atoms with Crippen LogP contribution in [0.15, 0.2) is 29.4 Å². The molecule has 0 aliphatic carbocycles. The van der Waals surface area contributed by atoms with E-state index in [0.717, 1.165) is 18.4 Å². The van der Waals surface area contributed by atoms with Crippen molar-refractivity contribution in [1.82, 2.24) is 16.1 Å². The van der Waals surface area contributed by atoms with E-state index >= 15 is 0 Å². The Bertz CT molecular complexity index is 621. The molecule has 2 saturated heterocycles. The molecule has 2 aliphatic heterocycles. The Morgan fingerprint density at radius 3 is 2.26 bits per heavy atom. The van der Waals surface area contributed by atoms with Gasteiger partial charge < -0.3 is 27.0 Å². The third kappa shape index (κ3) is 12.3. The Kier molecular flexibility index (Phi) is 14.3. The van der Waals surface area contributed by atoms with E-state index in [1.165, 1.54) is 62.9 Å². The average molecular weight is 435 g/mol. The largest absolute Gasteiger partial charge is 0.481 e. The molecule has 0 spiro atoms. The molecule has 8 heteroatoms. The number of hydrogen-bond donors (Lipinski definition) is 6. The van der Waals surface area contributed by atoms with Crippen LogP contribution >= 0.6 is 0 Å². The third-order valence-electron chi connectivity index (χ3n) is 5.66. The molecule has 2 fully saturated rings. The number of nitrogens with one attached hydrogen (secondary N) is 3. The summed E-state index contributed by atoms with van der Waals surface area (Å²) in [4.78, 5) is 9.97. The van der Waals surface area contributed by atoms with Crippen LogP contribution in [0.4, 0.5) is 0 Å². The first-order chi connectivity index (χ1) is 15.0. The molecule has 1 aromatic carbocycles. The van der Waals surface area contributed by atoms with Crippen LogP contribution in [-0.2, 0) is 4.79 Å². The molecular formula is C23H42N6O2. The quantitative estimate of drug-likeness (QED) is 0.175. The number of hydrazone groups is 1. The van der Waals surface area contributed by atoms with Crippen molar-refractivity contribution in [2.75, 3.05) is 26.2 Å². The second-order valence-corrected chi connectivity index (χ2v) is 8.20. The highest BCUT2D eigenvalue weighted by molar-refractivity contribution is 5.84. The minimum atomic E-state index is -0.906. The summed E-state index contributed by atoms with van der Waals surface area (Å²) in [6.45, 7) is 9.26. The second kappa shape index (κ2) is 16.5. The van der Waals surface area contributed by atoms with Crippen LogP contribution < -0.4 is 27.7 Å². The highest BCUT2D eigenvalue weighted by Crippen LogP contribution is 2.22. The Labute approximate surface area is 187 Å². The van der Waals surface area contributed by atoms with Gasteiger partial charge in [0.25, 0.3) is 0 Å². The van der Waals surface area contributed by atoms with Gasteiger partial charge in [0.2, 0.25) is 0 Å². The second-order valence-electron chi connectivity index (χ2n) is 8.20. The zero-order valence-electron chi connectivity index (χ0n) is 19.2. The average Bonchev–Trinajstić information content (AvgIpc) is 3.32. The standard InChI is InChI=1S/C11H15N.C8H17N.C4H10N4O2/c1-9-2-4-10(5-3-9)11-6-7-12-8-11;1-2-3-8-4-6-9-7-5-8;5-7-3(8-6)1-2-4(9)10/h2-5,11-12H,6-8H2,1H3;8-9H,2-7H2,1H3;1-2,5-6H2,(H,7,8)(H,9,10). The summed E-state index contributed by atoms with van der Waals surface area (Å²) in [6.07, 6.45) is 7.12. The topological polar surface area (TPSA) is 138 Å². The highest BCUT2D eigenvalue weighted by atomic mass is 16.4. The number of rotatable bonds is 6.